The normalized spacial score (nSPS) is 12.5. The molecule has 0 radical (unpaired) electrons. The van der Waals surface area contributed by atoms with Crippen LogP contribution < -0.4 is 10.6 Å². The number of aliphatic imine (C=N–C) groups is 1. The molecule has 9 heteroatoms. The first-order valence-corrected chi connectivity index (χ1v) is 8.88. The lowest BCUT2D eigenvalue weighted by Crippen LogP contribution is -2.37. The van der Waals surface area contributed by atoms with E-state index in [-0.39, 0.29) is 12.1 Å². The zero-order valence-electron chi connectivity index (χ0n) is 13.7. The Morgan fingerprint density at radius 2 is 2.09 bits per heavy atom. The fraction of sp³-hybridized carbons (Fsp3) is 0.714. The van der Waals surface area contributed by atoms with Gasteiger partial charge in [0.1, 0.15) is 0 Å². The first-order chi connectivity index (χ1) is 10.9. The van der Waals surface area contributed by atoms with Gasteiger partial charge in [0.05, 0.1) is 6.54 Å². The topological polar surface area (TPSA) is 54.2 Å². The van der Waals surface area contributed by atoms with Crippen LogP contribution in [0.15, 0.2) is 11.2 Å². The smallest absolute Gasteiger partial charge is 0.357 e. The quantitative estimate of drug-likeness (QED) is 0.429. The lowest BCUT2D eigenvalue weighted by molar-refractivity contribution is -0.142. The van der Waals surface area contributed by atoms with Crippen LogP contribution >= 0.6 is 11.8 Å². The van der Waals surface area contributed by atoms with E-state index in [0.717, 1.165) is 29.8 Å². The highest BCUT2D eigenvalue weighted by Crippen LogP contribution is 2.30. The van der Waals surface area contributed by atoms with Crippen LogP contribution in [0.2, 0.25) is 0 Å². The number of unbranched alkanes of at least 4 members (excludes halogenated alkanes) is 1. The zero-order chi connectivity index (χ0) is 17.3. The molecule has 0 aliphatic rings. The van der Waals surface area contributed by atoms with Crippen molar-refractivity contribution in [2.24, 2.45) is 12.0 Å². The van der Waals surface area contributed by atoms with Crippen LogP contribution in [-0.4, -0.2) is 40.8 Å². The average Bonchev–Trinajstić information content (AvgIpc) is 2.85. The Kier molecular flexibility index (Phi) is 8.29. The Morgan fingerprint density at radius 3 is 2.70 bits per heavy atom. The van der Waals surface area contributed by atoms with Crippen LogP contribution in [0.25, 0.3) is 0 Å². The minimum absolute atomic E-state index is 0.0666. The number of thioether (sulfide) groups is 1. The van der Waals surface area contributed by atoms with Crippen molar-refractivity contribution in [1.29, 1.82) is 0 Å². The summed E-state index contributed by atoms with van der Waals surface area (Å²) in [6.07, 6.45) is 1.04. The van der Waals surface area contributed by atoms with E-state index in [4.69, 9.17) is 0 Å². The maximum Gasteiger partial charge on any atom is 0.435 e. The molecule has 132 valence electrons. The van der Waals surface area contributed by atoms with Gasteiger partial charge >= 0.3 is 6.18 Å². The average molecular weight is 351 g/mol. The molecule has 1 heterocycles. The van der Waals surface area contributed by atoms with E-state index in [2.05, 4.69) is 27.0 Å². The van der Waals surface area contributed by atoms with E-state index < -0.39 is 11.9 Å². The van der Waals surface area contributed by atoms with Crippen LogP contribution in [0.5, 0.6) is 0 Å². The molecule has 0 atom stereocenters. The molecule has 0 aliphatic carbocycles. The standard InChI is InChI=1S/C14H24F3N5S/c1-4-18-13(19-7-5-6-8-23-3)20-9-11-10-22(2)21-12(11)14(15,16)17/h10H,4-9H2,1-3H3,(H2,18,19,20). The summed E-state index contributed by atoms with van der Waals surface area (Å²) in [4.78, 5) is 4.22. The molecule has 0 amide bonds. The van der Waals surface area contributed by atoms with E-state index in [1.165, 1.54) is 13.2 Å². The molecule has 0 aliphatic heterocycles. The summed E-state index contributed by atoms with van der Waals surface area (Å²) in [5.74, 6) is 1.62. The summed E-state index contributed by atoms with van der Waals surface area (Å²) in [6, 6.07) is 0. The van der Waals surface area contributed by atoms with E-state index in [9.17, 15) is 13.2 Å². The zero-order valence-corrected chi connectivity index (χ0v) is 14.5. The highest BCUT2D eigenvalue weighted by molar-refractivity contribution is 7.98. The SMILES string of the molecule is CCNC(=NCc1cn(C)nc1C(F)(F)F)NCCCCSC. The number of aromatic nitrogens is 2. The monoisotopic (exact) mass is 351 g/mol. The number of aryl methyl sites for hydroxylation is 1. The summed E-state index contributed by atoms with van der Waals surface area (Å²) in [7, 11) is 1.47. The fourth-order valence-corrected chi connectivity index (χ4v) is 2.47. The summed E-state index contributed by atoms with van der Waals surface area (Å²) >= 11 is 1.80. The summed E-state index contributed by atoms with van der Waals surface area (Å²) in [5, 5.41) is 9.65. The number of nitrogens with one attached hydrogen (secondary N) is 2. The Balaban J connectivity index is 2.66. The van der Waals surface area contributed by atoms with E-state index in [1.807, 2.05) is 6.92 Å². The van der Waals surface area contributed by atoms with Crippen molar-refractivity contribution >= 4 is 17.7 Å². The van der Waals surface area contributed by atoms with Gasteiger partial charge in [0.15, 0.2) is 11.7 Å². The van der Waals surface area contributed by atoms with Gasteiger partial charge in [0.25, 0.3) is 0 Å². The van der Waals surface area contributed by atoms with Crippen LogP contribution in [0.4, 0.5) is 13.2 Å². The van der Waals surface area contributed by atoms with Gasteiger partial charge in [-0.1, -0.05) is 0 Å². The van der Waals surface area contributed by atoms with Gasteiger partial charge in [0.2, 0.25) is 0 Å². The number of rotatable bonds is 8. The van der Waals surface area contributed by atoms with Crippen molar-refractivity contribution in [3.8, 4) is 0 Å². The molecule has 0 spiro atoms. The van der Waals surface area contributed by atoms with Crippen molar-refractivity contribution < 1.29 is 13.2 Å². The third-order valence-electron chi connectivity index (χ3n) is 2.99. The van der Waals surface area contributed by atoms with Crippen molar-refractivity contribution in [2.45, 2.75) is 32.5 Å². The fourth-order valence-electron chi connectivity index (χ4n) is 1.98. The van der Waals surface area contributed by atoms with Gasteiger partial charge in [-0.15, -0.1) is 0 Å². The van der Waals surface area contributed by atoms with Gasteiger partial charge < -0.3 is 10.6 Å². The Hall–Kier alpha value is -1.38. The minimum Gasteiger partial charge on any atom is -0.357 e. The highest BCUT2D eigenvalue weighted by Gasteiger charge is 2.36. The number of hydrogen-bond acceptors (Lipinski definition) is 3. The number of guanidine groups is 1. The van der Waals surface area contributed by atoms with Crippen LogP contribution in [0, 0.1) is 0 Å². The molecule has 0 aromatic carbocycles. The maximum atomic E-state index is 12.9. The molecular weight excluding hydrogens is 327 g/mol. The van der Waals surface area contributed by atoms with Crippen molar-refractivity contribution in [2.75, 3.05) is 25.1 Å². The second-order valence-electron chi connectivity index (χ2n) is 5.00. The molecular formula is C14H24F3N5S. The third-order valence-corrected chi connectivity index (χ3v) is 3.69. The largest absolute Gasteiger partial charge is 0.435 e. The lowest BCUT2D eigenvalue weighted by Gasteiger charge is -2.11. The van der Waals surface area contributed by atoms with Gasteiger partial charge in [0, 0.05) is 31.9 Å². The molecule has 1 rings (SSSR count). The molecule has 5 nitrogen and oxygen atoms in total. The Morgan fingerprint density at radius 1 is 1.35 bits per heavy atom. The van der Waals surface area contributed by atoms with Gasteiger partial charge in [-0.05, 0) is 31.8 Å². The minimum atomic E-state index is -4.46. The molecule has 1 aromatic heterocycles. The number of nitrogens with zero attached hydrogens (tertiary/aromatic N) is 3. The van der Waals surface area contributed by atoms with Gasteiger partial charge in [-0.3, -0.25) is 4.68 Å². The summed E-state index contributed by atoms with van der Waals surface area (Å²) in [6.45, 7) is 3.24. The van der Waals surface area contributed by atoms with E-state index >= 15 is 0 Å². The first kappa shape index (κ1) is 19.7. The Labute approximate surface area is 139 Å². The predicted molar refractivity (Wildman–Crippen MR) is 88.6 cm³/mol. The van der Waals surface area contributed by atoms with Crippen LogP contribution in [0.3, 0.4) is 0 Å². The Bertz CT molecular complexity index is 499. The molecule has 0 fully saturated rings. The van der Waals surface area contributed by atoms with Crippen LogP contribution in [0.1, 0.15) is 31.0 Å². The summed E-state index contributed by atoms with van der Waals surface area (Å²) < 4.78 is 39.9. The van der Waals surface area contributed by atoms with E-state index in [1.54, 1.807) is 11.8 Å². The molecule has 0 bridgehead atoms. The molecule has 1 aromatic rings. The van der Waals surface area contributed by atoms with Crippen LogP contribution in [-0.2, 0) is 19.8 Å². The maximum absolute atomic E-state index is 12.9. The van der Waals surface area contributed by atoms with Crippen molar-refractivity contribution in [1.82, 2.24) is 20.4 Å². The summed E-state index contributed by atoms with van der Waals surface area (Å²) in [5.41, 5.74) is -0.806. The number of alkyl halides is 3. The van der Waals surface area contributed by atoms with Gasteiger partial charge in [-0.2, -0.15) is 30.0 Å². The lowest BCUT2D eigenvalue weighted by atomic mass is 10.2. The molecule has 0 saturated carbocycles. The second-order valence-corrected chi connectivity index (χ2v) is 5.98. The molecule has 23 heavy (non-hydrogen) atoms. The van der Waals surface area contributed by atoms with Crippen molar-refractivity contribution in [3.05, 3.63) is 17.5 Å². The molecule has 2 N–H and O–H groups in total. The number of hydrogen-bond donors (Lipinski definition) is 2. The van der Waals surface area contributed by atoms with Crippen molar-refractivity contribution in [3.63, 3.8) is 0 Å². The van der Waals surface area contributed by atoms with Gasteiger partial charge in [-0.25, -0.2) is 4.99 Å². The third kappa shape index (κ3) is 7.15. The predicted octanol–water partition coefficient (Wildman–Crippen LogP) is 2.64. The highest BCUT2D eigenvalue weighted by atomic mass is 32.2. The first-order valence-electron chi connectivity index (χ1n) is 7.49. The number of halogens is 3. The second kappa shape index (κ2) is 9.69. The molecule has 0 unspecified atom stereocenters. The molecule has 0 saturated heterocycles. The van der Waals surface area contributed by atoms with E-state index in [0.29, 0.717) is 12.5 Å².